The number of nitrogens with one attached hydrogen (secondary N) is 2. The van der Waals surface area contributed by atoms with E-state index >= 15 is 0 Å². The van der Waals surface area contributed by atoms with Crippen LogP contribution < -0.4 is 10.6 Å². The maximum Gasteiger partial charge on any atom is 0.237 e. The number of rotatable bonds is 6. The summed E-state index contributed by atoms with van der Waals surface area (Å²) in [4.78, 5) is 17.6. The molecule has 2 heterocycles. The van der Waals surface area contributed by atoms with Gasteiger partial charge in [-0.25, -0.2) is 4.98 Å². The van der Waals surface area contributed by atoms with E-state index in [4.69, 9.17) is 4.42 Å². The summed E-state index contributed by atoms with van der Waals surface area (Å²) in [6.07, 6.45) is 3.48. The maximum atomic E-state index is 12.0. The van der Waals surface area contributed by atoms with Crippen LogP contribution in [0.4, 0.5) is 0 Å². The van der Waals surface area contributed by atoms with Crippen molar-refractivity contribution < 1.29 is 9.21 Å². The van der Waals surface area contributed by atoms with E-state index in [0.717, 1.165) is 15.6 Å². The van der Waals surface area contributed by atoms with Gasteiger partial charge < -0.3 is 15.1 Å². The van der Waals surface area contributed by atoms with Crippen molar-refractivity contribution in [1.29, 1.82) is 0 Å². The molecular weight excluding hydrogens is 298 g/mol. The van der Waals surface area contributed by atoms with Gasteiger partial charge in [-0.15, -0.1) is 11.3 Å². The van der Waals surface area contributed by atoms with Gasteiger partial charge in [0.2, 0.25) is 5.91 Å². The van der Waals surface area contributed by atoms with Gasteiger partial charge in [0.15, 0.2) is 0 Å². The molecule has 0 bridgehead atoms. The first-order valence-electron chi connectivity index (χ1n) is 7.35. The van der Waals surface area contributed by atoms with Crippen LogP contribution in [-0.2, 0) is 23.3 Å². The van der Waals surface area contributed by atoms with Crippen molar-refractivity contribution in [3.8, 4) is 0 Å². The van der Waals surface area contributed by atoms with E-state index in [-0.39, 0.29) is 17.4 Å². The molecule has 1 unspecified atom stereocenters. The summed E-state index contributed by atoms with van der Waals surface area (Å²) in [7, 11) is 0. The molecule has 22 heavy (non-hydrogen) atoms. The highest BCUT2D eigenvalue weighted by molar-refractivity contribution is 7.11. The highest BCUT2D eigenvalue weighted by atomic mass is 32.1. The number of hydrogen-bond donors (Lipinski definition) is 2. The third-order valence-corrected chi connectivity index (χ3v) is 4.61. The maximum absolute atomic E-state index is 12.0. The van der Waals surface area contributed by atoms with Crippen LogP contribution in [0.1, 0.15) is 43.3 Å². The first kappa shape index (κ1) is 16.7. The first-order valence-corrected chi connectivity index (χ1v) is 8.16. The van der Waals surface area contributed by atoms with Crippen LogP contribution in [0.3, 0.4) is 0 Å². The van der Waals surface area contributed by atoms with Crippen LogP contribution in [0.25, 0.3) is 0 Å². The summed E-state index contributed by atoms with van der Waals surface area (Å²) in [5.74, 6) is 0.704. The van der Waals surface area contributed by atoms with Crippen LogP contribution in [0.5, 0.6) is 0 Å². The monoisotopic (exact) mass is 321 g/mol. The van der Waals surface area contributed by atoms with Crippen LogP contribution in [-0.4, -0.2) is 16.9 Å². The summed E-state index contributed by atoms with van der Waals surface area (Å²) in [6.45, 7) is 9.34. The molecule has 1 atom stereocenters. The average Bonchev–Trinajstić information content (AvgIpc) is 3.12. The second kappa shape index (κ2) is 7.07. The fourth-order valence-electron chi connectivity index (χ4n) is 1.82. The van der Waals surface area contributed by atoms with Gasteiger partial charge in [-0.1, -0.05) is 20.8 Å². The molecular formula is C16H23N3O2S. The van der Waals surface area contributed by atoms with E-state index in [0.29, 0.717) is 13.1 Å². The van der Waals surface area contributed by atoms with Crippen LogP contribution >= 0.6 is 11.3 Å². The van der Waals surface area contributed by atoms with E-state index in [1.807, 2.05) is 19.2 Å². The third-order valence-electron chi connectivity index (χ3n) is 3.19. The zero-order valence-electron chi connectivity index (χ0n) is 13.5. The van der Waals surface area contributed by atoms with Crippen LogP contribution in [0, 0.1) is 0 Å². The predicted molar refractivity (Wildman–Crippen MR) is 87.7 cm³/mol. The largest absolute Gasteiger partial charge is 0.467 e. The zero-order valence-corrected chi connectivity index (χ0v) is 14.3. The van der Waals surface area contributed by atoms with Gasteiger partial charge >= 0.3 is 0 Å². The molecule has 0 aliphatic heterocycles. The highest BCUT2D eigenvalue weighted by Gasteiger charge is 2.18. The molecule has 2 aromatic rings. The van der Waals surface area contributed by atoms with Gasteiger partial charge in [-0.2, -0.15) is 0 Å². The minimum absolute atomic E-state index is 0.0445. The molecule has 5 nitrogen and oxygen atoms in total. The highest BCUT2D eigenvalue weighted by Crippen LogP contribution is 2.26. The second-order valence-corrected chi connectivity index (χ2v) is 7.40. The number of nitrogens with zero attached hydrogens (tertiary/aromatic N) is 1. The fourth-order valence-corrected chi connectivity index (χ4v) is 2.74. The molecule has 0 spiro atoms. The first-order chi connectivity index (χ1) is 10.4. The minimum Gasteiger partial charge on any atom is -0.467 e. The van der Waals surface area contributed by atoms with Crippen molar-refractivity contribution in [1.82, 2.24) is 15.6 Å². The third kappa shape index (κ3) is 4.68. The SMILES string of the molecule is CC(NCc1cnc(C(C)(C)C)s1)C(=O)NCc1ccco1. The summed E-state index contributed by atoms with van der Waals surface area (Å²) in [5.41, 5.74) is 0.0644. The van der Waals surface area contributed by atoms with E-state index in [2.05, 4.69) is 36.4 Å². The lowest BCUT2D eigenvalue weighted by Crippen LogP contribution is -2.41. The van der Waals surface area contributed by atoms with Crippen molar-refractivity contribution in [2.75, 3.05) is 0 Å². The number of carbonyl (C=O) groups is 1. The van der Waals surface area contributed by atoms with E-state index in [9.17, 15) is 4.79 Å². The van der Waals surface area contributed by atoms with Crippen LogP contribution in [0.15, 0.2) is 29.0 Å². The Hall–Kier alpha value is -1.66. The van der Waals surface area contributed by atoms with Gasteiger partial charge in [0.05, 0.1) is 23.9 Å². The lowest BCUT2D eigenvalue weighted by Gasteiger charge is -2.14. The summed E-state index contributed by atoms with van der Waals surface area (Å²) in [6, 6.07) is 3.37. The molecule has 0 aromatic carbocycles. The van der Waals surface area contributed by atoms with Gasteiger partial charge in [0.25, 0.3) is 0 Å². The molecule has 0 aliphatic carbocycles. The molecule has 120 valence electrons. The number of carbonyl (C=O) groups excluding carboxylic acids is 1. The van der Waals surface area contributed by atoms with Crippen molar-refractivity contribution in [2.45, 2.75) is 52.2 Å². The summed E-state index contributed by atoms with van der Waals surface area (Å²) >= 11 is 1.68. The number of thiazole rings is 1. The van der Waals surface area contributed by atoms with Gasteiger partial charge in [-0.3, -0.25) is 4.79 Å². The molecule has 6 heteroatoms. The predicted octanol–water partition coefficient (Wildman–Crippen LogP) is 2.83. The topological polar surface area (TPSA) is 67.2 Å². The van der Waals surface area contributed by atoms with Crippen molar-refractivity contribution in [3.63, 3.8) is 0 Å². The molecule has 2 aromatic heterocycles. The second-order valence-electron chi connectivity index (χ2n) is 6.28. The smallest absolute Gasteiger partial charge is 0.237 e. The lowest BCUT2D eigenvalue weighted by molar-refractivity contribution is -0.123. The Bertz CT molecular complexity index is 599. The Morgan fingerprint density at radius 2 is 2.18 bits per heavy atom. The minimum atomic E-state index is -0.268. The Morgan fingerprint density at radius 3 is 2.77 bits per heavy atom. The molecule has 0 saturated heterocycles. The van der Waals surface area contributed by atoms with Crippen molar-refractivity contribution in [2.24, 2.45) is 0 Å². The number of furan rings is 1. The normalized spacial score (nSPS) is 13.1. The van der Waals surface area contributed by atoms with Gasteiger partial charge in [0.1, 0.15) is 5.76 Å². The van der Waals surface area contributed by atoms with E-state index in [1.165, 1.54) is 0 Å². The summed E-state index contributed by atoms with van der Waals surface area (Å²) < 4.78 is 5.19. The summed E-state index contributed by atoms with van der Waals surface area (Å²) in [5, 5.41) is 7.17. The number of amides is 1. The molecule has 0 saturated carbocycles. The standard InChI is InChI=1S/C16H23N3O2S/c1-11(14(20)18-8-12-6-5-7-21-12)17-9-13-10-19-15(22-13)16(2,3)4/h5-7,10-11,17H,8-9H2,1-4H3,(H,18,20). The Labute approximate surface area is 135 Å². The molecule has 1 amide bonds. The fraction of sp³-hybridized carbons (Fsp3) is 0.500. The van der Waals surface area contributed by atoms with Gasteiger partial charge in [0, 0.05) is 23.0 Å². The Kier molecular flexibility index (Phi) is 5.37. The average molecular weight is 321 g/mol. The number of aromatic nitrogens is 1. The van der Waals surface area contributed by atoms with Gasteiger partial charge in [-0.05, 0) is 19.1 Å². The molecule has 0 radical (unpaired) electrons. The number of hydrogen-bond acceptors (Lipinski definition) is 5. The molecule has 0 aliphatic rings. The van der Waals surface area contributed by atoms with E-state index in [1.54, 1.807) is 23.7 Å². The lowest BCUT2D eigenvalue weighted by atomic mass is 9.98. The van der Waals surface area contributed by atoms with Crippen molar-refractivity contribution in [3.05, 3.63) is 40.2 Å². The quantitative estimate of drug-likeness (QED) is 0.858. The van der Waals surface area contributed by atoms with Crippen molar-refractivity contribution >= 4 is 17.2 Å². The Morgan fingerprint density at radius 1 is 1.41 bits per heavy atom. The molecule has 2 N–H and O–H groups in total. The molecule has 0 fully saturated rings. The van der Waals surface area contributed by atoms with E-state index < -0.39 is 0 Å². The Balaban J connectivity index is 1.78. The van der Waals surface area contributed by atoms with Crippen LogP contribution in [0.2, 0.25) is 0 Å². The molecule has 2 rings (SSSR count). The zero-order chi connectivity index (χ0) is 16.2.